The van der Waals surface area contributed by atoms with Crippen molar-refractivity contribution in [2.75, 3.05) is 21.9 Å². The molecule has 1 amide bonds. The Hall–Kier alpha value is -2.34. The molecule has 2 aliphatic rings. The number of aryl methyl sites for hydroxylation is 1. The van der Waals surface area contributed by atoms with Gasteiger partial charge in [0.25, 0.3) is 0 Å². The van der Waals surface area contributed by atoms with Crippen molar-refractivity contribution in [3.05, 3.63) is 59.7 Å². The normalized spacial score (nSPS) is 23.7. The monoisotopic (exact) mass is 370 g/mol. The van der Waals surface area contributed by atoms with E-state index < -0.39 is 10.0 Å². The predicted octanol–water partition coefficient (Wildman–Crippen LogP) is 3.28. The summed E-state index contributed by atoms with van der Waals surface area (Å²) in [5.74, 6) is 0.444. The van der Waals surface area contributed by atoms with E-state index in [1.807, 2.05) is 37.3 Å². The highest BCUT2D eigenvalue weighted by Gasteiger charge is 2.43. The maximum atomic E-state index is 12.6. The number of anilines is 2. The van der Waals surface area contributed by atoms with Crippen LogP contribution in [0, 0.1) is 12.8 Å². The van der Waals surface area contributed by atoms with Crippen molar-refractivity contribution in [3.8, 4) is 0 Å². The number of rotatable bonds is 4. The number of hydrogen-bond acceptors (Lipinski definition) is 3. The van der Waals surface area contributed by atoms with E-state index in [4.69, 9.17) is 0 Å². The van der Waals surface area contributed by atoms with Crippen molar-refractivity contribution in [1.29, 1.82) is 0 Å². The Bertz CT molecular complexity index is 941. The zero-order valence-corrected chi connectivity index (χ0v) is 15.5. The zero-order valence-electron chi connectivity index (χ0n) is 14.7. The van der Waals surface area contributed by atoms with Crippen LogP contribution < -0.4 is 9.62 Å². The van der Waals surface area contributed by atoms with Crippen molar-refractivity contribution in [2.24, 2.45) is 5.92 Å². The average molecular weight is 370 g/mol. The van der Waals surface area contributed by atoms with Crippen LogP contribution in [0.5, 0.6) is 0 Å². The Morgan fingerprint density at radius 2 is 1.92 bits per heavy atom. The van der Waals surface area contributed by atoms with Gasteiger partial charge >= 0.3 is 0 Å². The summed E-state index contributed by atoms with van der Waals surface area (Å²) < 4.78 is 25.9. The number of sulfonamides is 1. The summed E-state index contributed by atoms with van der Waals surface area (Å²) in [5.41, 5.74) is 3.40. The third kappa shape index (κ3) is 3.21. The lowest BCUT2D eigenvalue weighted by Crippen LogP contribution is -2.26. The molecule has 2 aromatic rings. The van der Waals surface area contributed by atoms with Crippen molar-refractivity contribution in [1.82, 2.24) is 0 Å². The van der Waals surface area contributed by atoms with E-state index in [2.05, 4.69) is 17.4 Å². The highest BCUT2D eigenvalue weighted by molar-refractivity contribution is 7.93. The summed E-state index contributed by atoms with van der Waals surface area (Å²) >= 11 is 0. The number of benzene rings is 2. The van der Waals surface area contributed by atoms with Gasteiger partial charge in [0.05, 0.1) is 11.4 Å². The van der Waals surface area contributed by atoms with Gasteiger partial charge in [-0.05, 0) is 48.9 Å². The lowest BCUT2D eigenvalue weighted by atomic mass is 10.1. The van der Waals surface area contributed by atoms with E-state index in [1.54, 1.807) is 6.07 Å². The maximum absolute atomic E-state index is 12.6. The van der Waals surface area contributed by atoms with E-state index in [0.717, 1.165) is 12.0 Å². The van der Waals surface area contributed by atoms with E-state index in [0.29, 0.717) is 24.3 Å². The highest BCUT2D eigenvalue weighted by Crippen LogP contribution is 2.48. The first-order chi connectivity index (χ1) is 12.5. The standard InChI is InChI=1S/C20H22N2O3S/c1-14-8-9-16(12-19(14)22-10-5-11-26(22,24)25)21-20(23)18-13-17(18)15-6-3-2-4-7-15/h2-4,6-9,12,17-18H,5,10-11,13H2,1H3,(H,21,23). The molecule has 0 bridgehead atoms. The Balaban J connectivity index is 1.49. The van der Waals surface area contributed by atoms with Crippen molar-refractivity contribution in [2.45, 2.75) is 25.7 Å². The molecule has 1 saturated heterocycles. The number of hydrogen-bond donors (Lipinski definition) is 1. The van der Waals surface area contributed by atoms with Crippen LogP contribution >= 0.6 is 0 Å². The topological polar surface area (TPSA) is 66.5 Å². The quantitative estimate of drug-likeness (QED) is 0.898. The molecule has 1 aliphatic carbocycles. The van der Waals surface area contributed by atoms with Gasteiger partial charge in [0, 0.05) is 18.2 Å². The van der Waals surface area contributed by atoms with Gasteiger partial charge in [0.1, 0.15) is 0 Å². The molecule has 5 nitrogen and oxygen atoms in total. The van der Waals surface area contributed by atoms with E-state index in [9.17, 15) is 13.2 Å². The van der Waals surface area contributed by atoms with Gasteiger partial charge in [-0.3, -0.25) is 9.10 Å². The highest BCUT2D eigenvalue weighted by atomic mass is 32.2. The number of amides is 1. The van der Waals surface area contributed by atoms with Gasteiger partial charge in [-0.1, -0.05) is 36.4 Å². The average Bonchev–Trinajstić information content (AvgIpc) is 3.35. The smallest absolute Gasteiger partial charge is 0.235 e. The second kappa shape index (κ2) is 6.43. The van der Waals surface area contributed by atoms with Gasteiger partial charge in [0.15, 0.2) is 0 Å². The lowest BCUT2D eigenvalue weighted by molar-refractivity contribution is -0.117. The fourth-order valence-corrected chi connectivity index (χ4v) is 5.27. The fourth-order valence-electron chi connectivity index (χ4n) is 3.65. The number of carbonyl (C=O) groups excluding carboxylic acids is 1. The first kappa shape index (κ1) is 17.1. The van der Waals surface area contributed by atoms with Crippen LogP contribution in [-0.4, -0.2) is 26.6 Å². The summed E-state index contributed by atoms with van der Waals surface area (Å²) in [6.07, 6.45) is 1.49. The molecule has 0 aromatic heterocycles. The number of nitrogens with zero attached hydrogens (tertiary/aromatic N) is 1. The minimum Gasteiger partial charge on any atom is -0.326 e. The molecule has 136 valence electrons. The van der Waals surface area contributed by atoms with Gasteiger partial charge in [-0.25, -0.2) is 8.42 Å². The molecule has 1 N–H and O–H groups in total. The van der Waals surface area contributed by atoms with Gasteiger partial charge < -0.3 is 5.32 Å². The Morgan fingerprint density at radius 3 is 2.62 bits per heavy atom. The molecule has 4 rings (SSSR count). The Labute approximate surface area is 154 Å². The lowest BCUT2D eigenvalue weighted by Gasteiger charge is -2.20. The van der Waals surface area contributed by atoms with Crippen LogP contribution in [0.3, 0.4) is 0 Å². The second-order valence-electron chi connectivity index (χ2n) is 7.09. The Morgan fingerprint density at radius 1 is 1.15 bits per heavy atom. The summed E-state index contributed by atoms with van der Waals surface area (Å²) in [7, 11) is -3.24. The number of nitrogens with one attached hydrogen (secondary N) is 1. The van der Waals surface area contributed by atoms with E-state index >= 15 is 0 Å². The summed E-state index contributed by atoms with van der Waals surface area (Å²) in [5, 5.41) is 2.96. The molecule has 1 saturated carbocycles. The largest absolute Gasteiger partial charge is 0.326 e. The molecule has 2 unspecified atom stereocenters. The molecule has 26 heavy (non-hydrogen) atoms. The van der Waals surface area contributed by atoms with Crippen LogP contribution in [0.15, 0.2) is 48.5 Å². The molecule has 2 aromatic carbocycles. The molecule has 0 radical (unpaired) electrons. The van der Waals surface area contributed by atoms with Crippen LogP contribution in [0.1, 0.15) is 29.9 Å². The number of carbonyl (C=O) groups is 1. The summed E-state index contributed by atoms with van der Waals surface area (Å²) in [4.78, 5) is 12.6. The summed E-state index contributed by atoms with van der Waals surface area (Å²) in [6, 6.07) is 15.5. The third-order valence-electron chi connectivity index (χ3n) is 5.20. The van der Waals surface area contributed by atoms with Crippen molar-refractivity contribution < 1.29 is 13.2 Å². The molecule has 0 spiro atoms. The van der Waals surface area contributed by atoms with Crippen LogP contribution in [-0.2, 0) is 14.8 Å². The zero-order chi connectivity index (χ0) is 18.3. The second-order valence-corrected chi connectivity index (χ2v) is 9.10. The van der Waals surface area contributed by atoms with Gasteiger partial charge in [-0.15, -0.1) is 0 Å². The molecular weight excluding hydrogens is 348 g/mol. The molecule has 6 heteroatoms. The first-order valence-electron chi connectivity index (χ1n) is 8.92. The van der Waals surface area contributed by atoms with Gasteiger partial charge in [-0.2, -0.15) is 0 Å². The first-order valence-corrected chi connectivity index (χ1v) is 10.5. The predicted molar refractivity (Wildman–Crippen MR) is 103 cm³/mol. The minimum absolute atomic E-state index is 0.00191. The molecule has 2 fully saturated rings. The van der Waals surface area contributed by atoms with Crippen molar-refractivity contribution >= 4 is 27.3 Å². The van der Waals surface area contributed by atoms with Gasteiger partial charge in [0.2, 0.25) is 15.9 Å². The minimum atomic E-state index is -3.24. The van der Waals surface area contributed by atoms with Crippen LogP contribution in [0.2, 0.25) is 0 Å². The molecular formula is C20H22N2O3S. The fraction of sp³-hybridized carbons (Fsp3) is 0.350. The SMILES string of the molecule is Cc1ccc(NC(=O)C2CC2c2ccccc2)cc1N1CCCS1(=O)=O. The van der Waals surface area contributed by atoms with Crippen molar-refractivity contribution in [3.63, 3.8) is 0 Å². The molecule has 2 atom stereocenters. The summed E-state index contributed by atoms with van der Waals surface area (Å²) in [6.45, 7) is 2.39. The van der Waals surface area contributed by atoms with E-state index in [-0.39, 0.29) is 23.5 Å². The molecule has 1 heterocycles. The maximum Gasteiger partial charge on any atom is 0.235 e. The molecule has 1 aliphatic heterocycles. The van der Waals surface area contributed by atoms with Crippen LogP contribution in [0.4, 0.5) is 11.4 Å². The van der Waals surface area contributed by atoms with E-state index in [1.165, 1.54) is 9.87 Å². The Kier molecular flexibility index (Phi) is 4.23. The third-order valence-corrected chi connectivity index (χ3v) is 7.05. The van der Waals surface area contributed by atoms with Crippen LogP contribution in [0.25, 0.3) is 0 Å².